The summed E-state index contributed by atoms with van der Waals surface area (Å²) >= 11 is 0. The number of benzene rings is 3. The van der Waals surface area contributed by atoms with E-state index in [0.29, 0.717) is 22.3 Å². The fourth-order valence-electron chi connectivity index (χ4n) is 4.99. The number of halogens is 4. The highest BCUT2D eigenvalue weighted by molar-refractivity contribution is 7.90. The van der Waals surface area contributed by atoms with Crippen molar-refractivity contribution in [3.63, 3.8) is 0 Å². The lowest BCUT2D eigenvalue weighted by molar-refractivity contribution is -0.153. The Bertz CT molecular complexity index is 1860. The van der Waals surface area contributed by atoms with E-state index in [2.05, 4.69) is 0 Å². The molecule has 7 nitrogen and oxygen atoms in total. The molecule has 0 spiro atoms. The predicted molar refractivity (Wildman–Crippen MR) is 152 cm³/mol. The van der Waals surface area contributed by atoms with Gasteiger partial charge in [-0.25, -0.2) is 21.2 Å². The molecule has 1 aromatic heterocycles. The summed E-state index contributed by atoms with van der Waals surface area (Å²) in [5.74, 6) is -2.36. The molecule has 4 rings (SSSR count). The highest BCUT2D eigenvalue weighted by Crippen LogP contribution is 2.33. The Morgan fingerprint density at radius 3 is 1.95 bits per heavy atom. The van der Waals surface area contributed by atoms with Crippen LogP contribution >= 0.6 is 0 Å². The number of aryl methyl sites for hydroxylation is 3. The van der Waals surface area contributed by atoms with Crippen LogP contribution in [-0.4, -0.2) is 32.5 Å². The molecule has 4 aromatic rings. The van der Waals surface area contributed by atoms with Crippen molar-refractivity contribution in [1.29, 1.82) is 0 Å². The molecule has 1 heterocycles. The molecule has 3 aromatic carbocycles. The van der Waals surface area contributed by atoms with E-state index in [-0.39, 0.29) is 33.2 Å². The predicted octanol–water partition coefficient (Wildman–Crippen LogP) is 6.32. The van der Waals surface area contributed by atoms with Gasteiger partial charge in [0.05, 0.1) is 22.9 Å². The van der Waals surface area contributed by atoms with Crippen LogP contribution in [0.25, 0.3) is 11.1 Å². The molecule has 0 aliphatic heterocycles. The molecular formula is C30H29F4NO6S2. The smallest absolute Gasteiger partial charge is 0.449 e. The van der Waals surface area contributed by atoms with Gasteiger partial charge in [-0.2, -0.15) is 17.5 Å². The van der Waals surface area contributed by atoms with Crippen molar-refractivity contribution >= 4 is 19.9 Å². The molecule has 0 fully saturated rings. The van der Waals surface area contributed by atoms with Gasteiger partial charge in [-0.3, -0.25) is 0 Å². The van der Waals surface area contributed by atoms with Crippen molar-refractivity contribution < 1.29 is 43.9 Å². The summed E-state index contributed by atoms with van der Waals surface area (Å²) in [6.07, 6.45) is -3.84. The van der Waals surface area contributed by atoms with Gasteiger partial charge in [-0.05, 0) is 72.9 Å². The molecule has 0 aliphatic rings. The molecule has 13 heteroatoms. The third-order valence-corrected chi connectivity index (χ3v) is 10.1. The van der Waals surface area contributed by atoms with Crippen molar-refractivity contribution in [2.75, 3.05) is 6.26 Å². The lowest BCUT2D eigenvalue weighted by Gasteiger charge is -2.24. The van der Waals surface area contributed by atoms with Crippen molar-refractivity contribution in [3.05, 3.63) is 106 Å². The number of nitrogens with zero attached hydrogens (tertiary/aromatic N) is 1. The topological polar surface area (TPSA) is 105 Å². The second-order valence-electron chi connectivity index (χ2n) is 10.3. The Hall–Kier alpha value is -3.52. The molecule has 0 atom stereocenters. The lowest BCUT2D eigenvalue weighted by Crippen LogP contribution is -2.31. The van der Waals surface area contributed by atoms with Crippen LogP contribution in [0.5, 0.6) is 0 Å². The minimum absolute atomic E-state index is 0.0325. The van der Waals surface area contributed by atoms with Gasteiger partial charge in [0.1, 0.15) is 11.6 Å². The number of hydrogen-bond donors (Lipinski definition) is 1. The first-order valence-electron chi connectivity index (χ1n) is 12.9. The molecule has 0 amide bonds. The monoisotopic (exact) mass is 639 g/mol. The summed E-state index contributed by atoms with van der Waals surface area (Å²) in [5, 5.41) is 9.47. The van der Waals surface area contributed by atoms with Gasteiger partial charge in [-0.1, -0.05) is 42.0 Å². The number of alkyl halides is 3. The van der Waals surface area contributed by atoms with Gasteiger partial charge in [0, 0.05) is 18.4 Å². The molecule has 230 valence electrons. The van der Waals surface area contributed by atoms with Gasteiger partial charge >= 0.3 is 6.18 Å². The van der Waals surface area contributed by atoms with E-state index in [1.807, 2.05) is 6.92 Å². The van der Waals surface area contributed by atoms with E-state index in [4.69, 9.17) is 4.42 Å². The van der Waals surface area contributed by atoms with E-state index >= 15 is 0 Å². The SMILES string of the molecule is Cc1cc(C)c(S(=O)(=O)N(Cc2ccc(-c3cc(F)c(CO)c(S(C)(=O)=O)c3)cc2)Cc2ccc(C(F)(F)F)o2)c(C)c1. The zero-order chi connectivity index (χ0) is 31.9. The molecule has 43 heavy (non-hydrogen) atoms. The lowest BCUT2D eigenvalue weighted by atomic mass is 10.0. The maximum atomic E-state index is 14.7. The van der Waals surface area contributed by atoms with E-state index < -0.39 is 50.8 Å². The number of aliphatic hydroxyl groups is 1. The third kappa shape index (κ3) is 7.01. The quantitative estimate of drug-likeness (QED) is 0.215. The maximum Gasteiger partial charge on any atom is 0.449 e. The zero-order valence-corrected chi connectivity index (χ0v) is 25.3. The van der Waals surface area contributed by atoms with E-state index in [1.165, 1.54) is 18.2 Å². The van der Waals surface area contributed by atoms with Crippen LogP contribution in [0.4, 0.5) is 17.6 Å². The Morgan fingerprint density at radius 1 is 0.837 bits per heavy atom. The Balaban J connectivity index is 1.74. The van der Waals surface area contributed by atoms with Crippen LogP contribution in [0.3, 0.4) is 0 Å². The first-order valence-corrected chi connectivity index (χ1v) is 16.2. The summed E-state index contributed by atoms with van der Waals surface area (Å²) < 4.78 is 112. The normalized spacial score (nSPS) is 12.7. The van der Waals surface area contributed by atoms with Crippen LogP contribution in [-0.2, 0) is 45.7 Å². The van der Waals surface area contributed by atoms with Gasteiger partial charge in [0.2, 0.25) is 15.8 Å². The summed E-state index contributed by atoms with van der Waals surface area (Å²) in [5.41, 5.74) is 2.53. The second-order valence-corrected chi connectivity index (χ2v) is 14.2. The van der Waals surface area contributed by atoms with Crippen LogP contribution in [0.1, 0.15) is 39.3 Å². The van der Waals surface area contributed by atoms with Crippen molar-refractivity contribution in [3.8, 4) is 11.1 Å². The molecular weight excluding hydrogens is 610 g/mol. The Labute approximate surface area is 247 Å². The van der Waals surface area contributed by atoms with Crippen LogP contribution in [0.2, 0.25) is 0 Å². The molecule has 0 aliphatic carbocycles. The Kier molecular flexibility index (Phi) is 8.94. The van der Waals surface area contributed by atoms with E-state index in [1.54, 1.807) is 38.1 Å². The van der Waals surface area contributed by atoms with Crippen LogP contribution < -0.4 is 0 Å². The molecule has 0 radical (unpaired) electrons. The number of rotatable bonds is 9. The minimum atomic E-state index is -4.74. The third-order valence-electron chi connectivity index (χ3n) is 6.83. The molecule has 0 saturated heterocycles. The maximum absolute atomic E-state index is 14.7. The standard InChI is InChI=1S/C30H29F4NO6S2/c1-18-11-19(2)29(20(3)12-18)43(39,40)35(16-24-9-10-28(41-24)30(32,33)34)15-21-5-7-22(8-6-21)23-13-26(31)25(17-36)27(14-23)42(4,37)38/h5-14,36H,15-17H2,1-4H3. The fraction of sp³-hybridized carbons (Fsp3) is 0.267. The van der Waals surface area contributed by atoms with Crippen LogP contribution in [0.15, 0.2) is 74.9 Å². The average molecular weight is 640 g/mol. The first kappa shape index (κ1) is 32.4. The van der Waals surface area contributed by atoms with Crippen molar-refractivity contribution in [2.24, 2.45) is 0 Å². The second kappa shape index (κ2) is 11.9. The van der Waals surface area contributed by atoms with E-state index in [9.17, 15) is 39.5 Å². The summed E-state index contributed by atoms with van der Waals surface area (Å²) in [6, 6.07) is 13.7. The number of sulfonamides is 1. The van der Waals surface area contributed by atoms with Crippen molar-refractivity contribution in [2.45, 2.75) is 56.4 Å². The summed E-state index contributed by atoms with van der Waals surface area (Å²) in [4.78, 5) is -0.322. The molecule has 0 bridgehead atoms. The number of sulfone groups is 1. The number of aliphatic hydroxyl groups excluding tert-OH is 1. The van der Waals surface area contributed by atoms with Gasteiger partial charge in [0.25, 0.3) is 0 Å². The number of furan rings is 1. The first-order chi connectivity index (χ1) is 19.9. The number of hydrogen-bond acceptors (Lipinski definition) is 6. The summed E-state index contributed by atoms with van der Waals surface area (Å²) in [6.45, 7) is 3.56. The van der Waals surface area contributed by atoms with Gasteiger partial charge in [0.15, 0.2) is 9.84 Å². The Morgan fingerprint density at radius 2 is 1.44 bits per heavy atom. The average Bonchev–Trinajstić information content (AvgIpc) is 3.36. The van der Waals surface area contributed by atoms with Crippen molar-refractivity contribution in [1.82, 2.24) is 4.31 Å². The van der Waals surface area contributed by atoms with E-state index in [0.717, 1.165) is 34.3 Å². The zero-order valence-electron chi connectivity index (χ0n) is 23.7. The largest absolute Gasteiger partial charge is 0.455 e. The molecule has 0 saturated carbocycles. The van der Waals surface area contributed by atoms with Crippen LogP contribution in [0, 0.1) is 26.6 Å². The highest BCUT2D eigenvalue weighted by Gasteiger charge is 2.36. The van der Waals surface area contributed by atoms with Gasteiger partial charge < -0.3 is 9.52 Å². The fourth-order valence-corrected chi connectivity index (χ4v) is 7.74. The summed E-state index contributed by atoms with van der Waals surface area (Å²) in [7, 11) is -8.11. The minimum Gasteiger partial charge on any atom is -0.455 e. The molecule has 1 N–H and O–H groups in total. The highest BCUT2D eigenvalue weighted by atomic mass is 32.2. The van der Waals surface area contributed by atoms with Gasteiger partial charge in [-0.15, -0.1) is 0 Å². The molecule has 0 unspecified atom stereocenters.